The second kappa shape index (κ2) is 6.62. The normalized spacial score (nSPS) is 12.0. The van der Waals surface area contributed by atoms with Crippen molar-refractivity contribution in [1.29, 1.82) is 0 Å². The Bertz CT molecular complexity index is 696. The summed E-state index contributed by atoms with van der Waals surface area (Å²) < 4.78 is 12.4. The first-order valence-corrected chi connectivity index (χ1v) is 7.77. The van der Waals surface area contributed by atoms with E-state index in [4.69, 9.17) is 9.47 Å². The summed E-state index contributed by atoms with van der Waals surface area (Å²) in [6, 6.07) is 5.73. The van der Waals surface area contributed by atoms with Gasteiger partial charge in [-0.2, -0.15) is 0 Å². The third-order valence-electron chi connectivity index (χ3n) is 3.51. The van der Waals surface area contributed by atoms with Crippen LogP contribution in [0.2, 0.25) is 0 Å². The molecule has 0 spiro atoms. The number of hydrogen-bond acceptors (Lipinski definition) is 4. The number of nitrogens with zero attached hydrogens (tertiary/aromatic N) is 2. The Morgan fingerprint density at radius 3 is 2.52 bits per heavy atom. The van der Waals surface area contributed by atoms with E-state index in [-0.39, 0.29) is 6.09 Å². The van der Waals surface area contributed by atoms with Crippen LogP contribution in [0.25, 0.3) is 10.9 Å². The van der Waals surface area contributed by atoms with Gasteiger partial charge in [-0.15, -0.1) is 0 Å². The quantitative estimate of drug-likeness (QED) is 0.865. The number of rotatable bonds is 4. The number of likely N-dealkylation sites (N-methyl/N-ethyl adjacent to an activating group) is 1. The zero-order valence-electron chi connectivity index (χ0n) is 14.8. The highest BCUT2D eigenvalue weighted by atomic mass is 16.6. The van der Waals surface area contributed by atoms with Crippen molar-refractivity contribution < 1.29 is 14.3 Å². The molecular weight excluding hydrogens is 292 g/mol. The topological polar surface area (TPSA) is 43.7 Å². The van der Waals surface area contributed by atoms with Crippen molar-refractivity contribution in [3.05, 3.63) is 30.0 Å². The summed E-state index contributed by atoms with van der Waals surface area (Å²) in [6.45, 7) is 6.51. The zero-order chi connectivity index (χ0) is 17.2. The molecule has 5 heteroatoms. The second-order valence-corrected chi connectivity index (χ2v) is 6.94. The van der Waals surface area contributed by atoms with Gasteiger partial charge < -0.3 is 14.4 Å². The molecule has 0 amide bonds. The Balaban J connectivity index is 2.46. The van der Waals surface area contributed by atoms with Crippen LogP contribution >= 0.6 is 0 Å². The minimum atomic E-state index is -0.524. The second-order valence-electron chi connectivity index (χ2n) is 6.94. The molecule has 0 atom stereocenters. The lowest BCUT2D eigenvalue weighted by molar-refractivity contribution is 0.0544. The predicted molar refractivity (Wildman–Crippen MR) is 92.4 cm³/mol. The average Bonchev–Trinajstić information content (AvgIpc) is 2.81. The number of carbonyl (C=O) groups excluding carboxylic acids is 1. The summed E-state index contributed by atoms with van der Waals surface area (Å²) in [7, 11) is 5.72. The fourth-order valence-corrected chi connectivity index (χ4v) is 2.41. The fraction of sp³-hybridized carbons (Fsp3) is 0.500. The lowest BCUT2D eigenvalue weighted by Crippen LogP contribution is -2.26. The summed E-state index contributed by atoms with van der Waals surface area (Å²) in [4.78, 5) is 14.6. The monoisotopic (exact) mass is 318 g/mol. The van der Waals surface area contributed by atoms with Crippen molar-refractivity contribution in [2.24, 2.45) is 0 Å². The molecule has 23 heavy (non-hydrogen) atoms. The number of benzene rings is 1. The Labute approximate surface area is 137 Å². The highest BCUT2D eigenvalue weighted by Gasteiger charge is 2.21. The minimum absolute atomic E-state index is 0.358. The smallest absolute Gasteiger partial charge is 0.419 e. The Hall–Kier alpha value is -2.01. The molecule has 1 heterocycles. The summed E-state index contributed by atoms with van der Waals surface area (Å²) in [5.74, 6) is 0.783. The summed E-state index contributed by atoms with van der Waals surface area (Å²) in [6.07, 6.45) is 2.37. The van der Waals surface area contributed by atoms with Crippen molar-refractivity contribution in [2.75, 3.05) is 27.7 Å². The van der Waals surface area contributed by atoms with Gasteiger partial charge >= 0.3 is 6.09 Å². The molecule has 5 nitrogen and oxygen atoms in total. The van der Waals surface area contributed by atoms with E-state index >= 15 is 0 Å². The van der Waals surface area contributed by atoms with Crippen molar-refractivity contribution in [1.82, 2.24) is 9.47 Å². The first-order chi connectivity index (χ1) is 10.7. The molecule has 0 radical (unpaired) electrons. The molecule has 0 unspecified atom stereocenters. The summed E-state index contributed by atoms with van der Waals surface area (Å²) >= 11 is 0. The molecule has 1 aromatic heterocycles. The van der Waals surface area contributed by atoms with Gasteiger partial charge in [0.1, 0.15) is 11.4 Å². The molecule has 0 aliphatic heterocycles. The van der Waals surface area contributed by atoms with E-state index < -0.39 is 5.60 Å². The van der Waals surface area contributed by atoms with Gasteiger partial charge in [0, 0.05) is 18.1 Å². The van der Waals surface area contributed by atoms with E-state index in [9.17, 15) is 4.79 Å². The van der Waals surface area contributed by atoms with Crippen LogP contribution in [0, 0.1) is 0 Å². The number of hydrogen-bond donors (Lipinski definition) is 0. The van der Waals surface area contributed by atoms with Crippen LogP contribution < -0.4 is 4.74 Å². The lowest BCUT2D eigenvalue weighted by atomic mass is 10.1. The highest BCUT2D eigenvalue weighted by Crippen LogP contribution is 2.27. The molecule has 1 aromatic carbocycles. The zero-order valence-corrected chi connectivity index (χ0v) is 14.8. The number of aromatic nitrogens is 1. The van der Waals surface area contributed by atoms with Gasteiger partial charge in [0.2, 0.25) is 0 Å². The van der Waals surface area contributed by atoms with E-state index in [1.54, 1.807) is 11.7 Å². The average molecular weight is 318 g/mol. The summed E-state index contributed by atoms with van der Waals surface area (Å²) in [5.41, 5.74) is 1.43. The van der Waals surface area contributed by atoms with E-state index in [1.807, 2.05) is 59.3 Å². The number of fused-ring (bicyclic) bond motifs is 1. The maximum absolute atomic E-state index is 12.5. The first kappa shape index (κ1) is 17.3. The van der Waals surface area contributed by atoms with E-state index in [1.165, 1.54) is 0 Å². The molecule has 0 saturated heterocycles. The van der Waals surface area contributed by atoms with Gasteiger partial charge in [0.25, 0.3) is 0 Å². The van der Waals surface area contributed by atoms with Crippen LogP contribution in [0.3, 0.4) is 0 Å². The molecule has 0 saturated carbocycles. The third-order valence-corrected chi connectivity index (χ3v) is 3.51. The third kappa shape index (κ3) is 4.26. The Morgan fingerprint density at radius 2 is 1.96 bits per heavy atom. The van der Waals surface area contributed by atoms with E-state index in [0.29, 0.717) is 0 Å². The molecule has 126 valence electrons. The van der Waals surface area contributed by atoms with Crippen LogP contribution in [0.4, 0.5) is 4.79 Å². The molecule has 0 aliphatic rings. The van der Waals surface area contributed by atoms with E-state index in [2.05, 4.69) is 4.90 Å². The van der Waals surface area contributed by atoms with Gasteiger partial charge in [0.05, 0.1) is 12.6 Å². The van der Waals surface area contributed by atoms with Crippen LogP contribution in [0.1, 0.15) is 26.3 Å². The number of ether oxygens (including phenoxy) is 2. The first-order valence-electron chi connectivity index (χ1n) is 7.77. The molecule has 0 fully saturated rings. The SMILES string of the molecule is COc1ccc2c(c1)c(CCN(C)C)cn2C(=O)OC(C)(C)C. The standard InChI is InChI=1S/C18H26N2O3/c1-18(2,3)23-17(21)20-12-13(9-10-19(4)5)15-11-14(22-6)7-8-16(15)20/h7-8,11-12H,9-10H2,1-6H3. The largest absolute Gasteiger partial charge is 0.497 e. The molecular formula is C18H26N2O3. The van der Waals surface area contributed by atoms with Crippen LogP contribution in [-0.4, -0.2) is 48.9 Å². The van der Waals surface area contributed by atoms with Gasteiger partial charge in [-0.3, -0.25) is 4.57 Å². The number of methoxy groups -OCH3 is 1. The van der Waals surface area contributed by atoms with Crippen molar-refractivity contribution >= 4 is 17.0 Å². The van der Waals surface area contributed by atoms with Crippen LogP contribution in [0.15, 0.2) is 24.4 Å². The molecule has 0 bridgehead atoms. The molecule has 2 aromatic rings. The maximum atomic E-state index is 12.5. The predicted octanol–water partition coefficient (Wildman–Crippen LogP) is 3.54. The van der Waals surface area contributed by atoms with E-state index in [0.717, 1.165) is 35.2 Å². The van der Waals surface area contributed by atoms with Gasteiger partial charge in [-0.25, -0.2) is 4.79 Å². The van der Waals surface area contributed by atoms with Crippen LogP contribution in [-0.2, 0) is 11.2 Å². The van der Waals surface area contributed by atoms with Crippen LogP contribution in [0.5, 0.6) is 5.75 Å². The van der Waals surface area contributed by atoms with Gasteiger partial charge in [-0.05, 0) is 65.0 Å². The van der Waals surface area contributed by atoms with Crippen molar-refractivity contribution in [3.8, 4) is 5.75 Å². The minimum Gasteiger partial charge on any atom is -0.497 e. The summed E-state index contributed by atoms with van der Waals surface area (Å²) in [5, 5.41) is 1.03. The molecule has 2 rings (SSSR count). The lowest BCUT2D eigenvalue weighted by Gasteiger charge is -2.19. The Kier molecular flexibility index (Phi) is 5.00. The Morgan fingerprint density at radius 1 is 1.26 bits per heavy atom. The van der Waals surface area contributed by atoms with Crippen molar-refractivity contribution in [3.63, 3.8) is 0 Å². The van der Waals surface area contributed by atoms with Gasteiger partial charge in [-0.1, -0.05) is 0 Å². The van der Waals surface area contributed by atoms with Gasteiger partial charge in [0.15, 0.2) is 0 Å². The number of carbonyl (C=O) groups is 1. The fourth-order valence-electron chi connectivity index (χ4n) is 2.41. The maximum Gasteiger partial charge on any atom is 0.419 e. The molecule has 0 aliphatic carbocycles. The highest BCUT2D eigenvalue weighted by molar-refractivity contribution is 5.93. The molecule has 0 N–H and O–H groups in total. The van der Waals surface area contributed by atoms with Crippen molar-refractivity contribution in [2.45, 2.75) is 32.8 Å².